The van der Waals surface area contributed by atoms with Crippen LogP contribution in [0, 0.1) is 6.92 Å². The molecule has 0 saturated heterocycles. The Morgan fingerprint density at radius 2 is 2.14 bits per heavy atom. The molecule has 1 aromatic carbocycles. The Morgan fingerprint density at radius 1 is 1.38 bits per heavy atom. The maximum absolute atomic E-state index is 12.3. The van der Waals surface area contributed by atoms with Crippen molar-refractivity contribution in [3.63, 3.8) is 0 Å². The van der Waals surface area contributed by atoms with Gasteiger partial charge in [-0.3, -0.25) is 9.13 Å². The van der Waals surface area contributed by atoms with Crippen molar-refractivity contribution >= 4 is 0 Å². The monoisotopic (exact) mass is 287 g/mol. The first-order chi connectivity index (χ1) is 10.1. The van der Waals surface area contributed by atoms with E-state index >= 15 is 0 Å². The van der Waals surface area contributed by atoms with E-state index < -0.39 is 0 Å². The minimum absolute atomic E-state index is 0.0274. The number of aryl methyl sites for hydroxylation is 1. The van der Waals surface area contributed by atoms with Crippen LogP contribution in [0.4, 0.5) is 0 Å². The van der Waals surface area contributed by atoms with E-state index in [1.54, 1.807) is 16.2 Å². The van der Waals surface area contributed by atoms with E-state index in [9.17, 15) is 4.79 Å². The van der Waals surface area contributed by atoms with Crippen molar-refractivity contribution in [1.82, 2.24) is 9.13 Å². The summed E-state index contributed by atoms with van der Waals surface area (Å²) >= 11 is 0. The summed E-state index contributed by atoms with van der Waals surface area (Å²) in [5.41, 5.74) is 8.38. The molecular weight excluding hydrogens is 266 g/mol. The molecule has 1 heterocycles. The zero-order chi connectivity index (χ0) is 15.0. The molecule has 21 heavy (non-hydrogen) atoms. The Kier molecular flexibility index (Phi) is 3.59. The van der Waals surface area contributed by atoms with Crippen LogP contribution >= 0.6 is 0 Å². The Hall–Kier alpha value is -2.01. The van der Waals surface area contributed by atoms with Crippen LogP contribution in [-0.4, -0.2) is 16.2 Å². The minimum Gasteiger partial charge on any atom is -0.496 e. The minimum atomic E-state index is -0.271. The average molecular weight is 287 g/mol. The van der Waals surface area contributed by atoms with Gasteiger partial charge < -0.3 is 10.5 Å². The molecular formula is C16H21N3O2. The summed E-state index contributed by atoms with van der Waals surface area (Å²) in [6, 6.07) is 6.05. The Balaban J connectivity index is 1.84. The second-order valence-electron chi connectivity index (χ2n) is 5.72. The van der Waals surface area contributed by atoms with Gasteiger partial charge in [-0.1, -0.05) is 17.7 Å². The van der Waals surface area contributed by atoms with Gasteiger partial charge in [0.1, 0.15) is 5.75 Å². The standard InChI is InChI=1S/C16H21N3O2/c1-11-3-6-15(21-2)13(9-11)14(17)10-18-7-8-19(16(18)20)12-4-5-12/h3,6-9,12,14H,4-5,10,17H2,1-2H3. The second-order valence-corrected chi connectivity index (χ2v) is 5.72. The van der Waals surface area contributed by atoms with Crippen LogP contribution in [0.2, 0.25) is 0 Å². The third-order valence-electron chi connectivity index (χ3n) is 3.99. The van der Waals surface area contributed by atoms with Crippen LogP contribution in [0.25, 0.3) is 0 Å². The lowest BCUT2D eigenvalue weighted by atomic mass is 10.0. The molecule has 0 spiro atoms. The number of hydrogen-bond acceptors (Lipinski definition) is 3. The topological polar surface area (TPSA) is 62.2 Å². The van der Waals surface area contributed by atoms with Crippen molar-refractivity contribution < 1.29 is 4.74 Å². The van der Waals surface area contributed by atoms with E-state index in [4.69, 9.17) is 10.5 Å². The summed E-state index contributed by atoms with van der Waals surface area (Å²) < 4.78 is 8.86. The molecule has 2 N–H and O–H groups in total. The van der Waals surface area contributed by atoms with Gasteiger partial charge in [-0.2, -0.15) is 0 Å². The number of ether oxygens (including phenoxy) is 1. The highest BCUT2D eigenvalue weighted by Gasteiger charge is 2.26. The summed E-state index contributed by atoms with van der Waals surface area (Å²) in [6.07, 6.45) is 5.88. The fourth-order valence-electron chi connectivity index (χ4n) is 2.65. The quantitative estimate of drug-likeness (QED) is 0.915. The summed E-state index contributed by atoms with van der Waals surface area (Å²) in [4.78, 5) is 12.3. The van der Waals surface area contributed by atoms with Crippen molar-refractivity contribution in [3.8, 4) is 5.75 Å². The normalized spacial score (nSPS) is 16.0. The second kappa shape index (κ2) is 5.41. The number of nitrogens with zero attached hydrogens (tertiary/aromatic N) is 2. The molecule has 1 fully saturated rings. The van der Waals surface area contributed by atoms with Crippen LogP contribution in [0.15, 0.2) is 35.4 Å². The molecule has 1 atom stereocenters. The van der Waals surface area contributed by atoms with Gasteiger partial charge in [-0.05, 0) is 25.8 Å². The molecule has 0 aliphatic heterocycles. The fraction of sp³-hybridized carbons (Fsp3) is 0.438. The first-order valence-electron chi connectivity index (χ1n) is 7.27. The van der Waals surface area contributed by atoms with Crippen molar-refractivity contribution in [2.75, 3.05) is 7.11 Å². The molecule has 112 valence electrons. The molecule has 1 aliphatic rings. The number of rotatable bonds is 5. The molecule has 2 aromatic rings. The molecule has 5 nitrogen and oxygen atoms in total. The lowest BCUT2D eigenvalue weighted by molar-refractivity contribution is 0.401. The van der Waals surface area contributed by atoms with Gasteiger partial charge >= 0.3 is 5.69 Å². The van der Waals surface area contributed by atoms with Gasteiger partial charge in [-0.25, -0.2) is 4.79 Å². The Bertz CT molecular complexity index is 698. The smallest absolute Gasteiger partial charge is 0.328 e. The Labute approximate surface area is 124 Å². The number of imidazole rings is 1. The number of aromatic nitrogens is 2. The van der Waals surface area contributed by atoms with Gasteiger partial charge in [0.2, 0.25) is 0 Å². The van der Waals surface area contributed by atoms with Crippen LogP contribution in [-0.2, 0) is 6.54 Å². The molecule has 0 amide bonds. The molecule has 1 aliphatic carbocycles. The number of benzene rings is 1. The third kappa shape index (κ3) is 2.74. The van der Waals surface area contributed by atoms with E-state index in [-0.39, 0.29) is 11.7 Å². The maximum atomic E-state index is 12.3. The van der Waals surface area contributed by atoms with E-state index in [0.717, 1.165) is 29.7 Å². The molecule has 1 saturated carbocycles. The van der Waals surface area contributed by atoms with Crippen LogP contribution < -0.4 is 16.2 Å². The van der Waals surface area contributed by atoms with Gasteiger partial charge in [0.05, 0.1) is 13.2 Å². The fourth-order valence-corrected chi connectivity index (χ4v) is 2.65. The number of methoxy groups -OCH3 is 1. The Morgan fingerprint density at radius 3 is 2.81 bits per heavy atom. The number of hydrogen-bond donors (Lipinski definition) is 1. The highest BCUT2D eigenvalue weighted by Crippen LogP contribution is 2.33. The SMILES string of the molecule is COc1ccc(C)cc1C(N)Cn1ccn(C2CC2)c1=O. The van der Waals surface area contributed by atoms with Crippen molar-refractivity contribution in [1.29, 1.82) is 0 Å². The van der Waals surface area contributed by atoms with Gasteiger partial charge in [-0.15, -0.1) is 0 Å². The maximum Gasteiger partial charge on any atom is 0.328 e. The average Bonchev–Trinajstić information content (AvgIpc) is 3.25. The van der Waals surface area contributed by atoms with E-state index in [0.29, 0.717) is 12.6 Å². The molecule has 5 heteroatoms. The van der Waals surface area contributed by atoms with Gasteiger partial charge in [0.25, 0.3) is 0 Å². The van der Waals surface area contributed by atoms with Crippen molar-refractivity contribution in [2.45, 2.75) is 38.4 Å². The predicted molar refractivity (Wildman–Crippen MR) is 81.6 cm³/mol. The summed E-state index contributed by atoms with van der Waals surface area (Å²) in [7, 11) is 1.64. The summed E-state index contributed by atoms with van der Waals surface area (Å²) in [5, 5.41) is 0. The molecule has 1 aromatic heterocycles. The summed E-state index contributed by atoms with van der Waals surface area (Å²) in [5.74, 6) is 0.766. The first kappa shape index (κ1) is 13.9. The zero-order valence-corrected chi connectivity index (χ0v) is 12.5. The van der Waals surface area contributed by atoms with Gasteiger partial charge in [0.15, 0.2) is 0 Å². The lowest BCUT2D eigenvalue weighted by Gasteiger charge is -2.16. The predicted octanol–water partition coefficient (Wildman–Crippen LogP) is 2.00. The van der Waals surface area contributed by atoms with E-state index in [1.165, 1.54) is 0 Å². The van der Waals surface area contributed by atoms with E-state index in [1.807, 2.05) is 37.5 Å². The lowest BCUT2D eigenvalue weighted by Crippen LogP contribution is -2.28. The van der Waals surface area contributed by atoms with Crippen LogP contribution in [0.3, 0.4) is 0 Å². The zero-order valence-electron chi connectivity index (χ0n) is 12.5. The molecule has 0 radical (unpaired) electrons. The number of nitrogens with two attached hydrogens (primary N) is 1. The third-order valence-corrected chi connectivity index (χ3v) is 3.99. The van der Waals surface area contributed by atoms with Crippen LogP contribution in [0.5, 0.6) is 5.75 Å². The summed E-state index contributed by atoms with van der Waals surface area (Å²) in [6.45, 7) is 2.48. The van der Waals surface area contributed by atoms with Gasteiger partial charge in [0, 0.05) is 30.5 Å². The van der Waals surface area contributed by atoms with E-state index in [2.05, 4.69) is 0 Å². The van der Waals surface area contributed by atoms with Crippen molar-refractivity contribution in [2.24, 2.45) is 5.73 Å². The molecule has 0 bridgehead atoms. The largest absolute Gasteiger partial charge is 0.496 e. The van der Waals surface area contributed by atoms with Crippen molar-refractivity contribution in [3.05, 3.63) is 52.2 Å². The first-order valence-corrected chi connectivity index (χ1v) is 7.27. The highest BCUT2D eigenvalue weighted by molar-refractivity contribution is 5.38. The van der Waals surface area contributed by atoms with Crippen LogP contribution in [0.1, 0.15) is 36.1 Å². The molecule has 3 rings (SSSR count). The highest BCUT2D eigenvalue weighted by atomic mass is 16.5. The molecule has 1 unspecified atom stereocenters.